The fourth-order valence-electron chi connectivity index (χ4n) is 3.37. The molecule has 3 heteroatoms. The molecule has 3 rings (SSSR count). The number of esters is 1. The number of carbonyl (C=O) groups is 1. The average molecular weight is 410 g/mol. The summed E-state index contributed by atoms with van der Waals surface area (Å²) in [6, 6.07) is 29.7. The van der Waals surface area contributed by atoms with E-state index in [1.54, 1.807) is 13.0 Å². The van der Waals surface area contributed by atoms with Crippen molar-refractivity contribution in [2.45, 2.75) is 25.6 Å². The molecule has 0 aliphatic carbocycles. The topological polar surface area (TPSA) is 29.5 Å². The molecular formula is C28H27NO2. The molecule has 1 atom stereocenters. The van der Waals surface area contributed by atoms with Gasteiger partial charge in [-0.2, -0.15) is 0 Å². The minimum absolute atomic E-state index is 0.270. The second-order valence-corrected chi connectivity index (χ2v) is 7.13. The van der Waals surface area contributed by atoms with Crippen LogP contribution in [-0.4, -0.2) is 23.0 Å². The van der Waals surface area contributed by atoms with E-state index in [1.807, 2.05) is 95.9 Å². The molecule has 1 unspecified atom stereocenters. The molecule has 0 N–H and O–H groups in total. The molecule has 3 nitrogen and oxygen atoms in total. The van der Waals surface area contributed by atoms with Crippen molar-refractivity contribution in [3.63, 3.8) is 0 Å². The quantitative estimate of drug-likeness (QED) is 0.290. The van der Waals surface area contributed by atoms with Crippen LogP contribution in [0.1, 0.15) is 23.6 Å². The van der Waals surface area contributed by atoms with Crippen LogP contribution in [-0.2, 0) is 22.6 Å². The number of rotatable bonds is 8. The van der Waals surface area contributed by atoms with Gasteiger partial charge in [0.1, 0.15) is 0 Å². The highest BCUT2D eigenvalue weighted by molar-refractivity contribution is 5.88. The number of ether oxygens (including phenoxy) is 1. The molecule has 0 aromatic heterocycles. The highest BCUT2D eigenvalue weighted by Gasteiger charge is 2.41. The first-order valence-corrected chi connectivity index (χ1v) is 10.4. The number of hydrogen-bond acceptors (Lipinski definition) is 3. The van der Waals surface area contributed by atoms with E-state index in [1.165, 1.54) is 0 Å². The van der Waals surface area contributed by atoms with Gasteiger partial charge in [-0.1, -0.05) is 97.3 Å². The Morgan fingerprint density at radius 1 is 0.903 bits per heavy atom. The van der Waals surface area contributed by atoms with Gasteiger partial charge >= 0.3 is 5.97 Å². The highest BCUT2D eigenvalue weighted by Crippen LogP contribution is 2.25. The Labute approximate surface area is 185 Å². The van der Waals surface area contributed by atoms with Gasteiger partial charge in [0.05, 0.1) is 6.61 Å². The number of benzene rings is 3. The maximum Gasteiger partial charge on any atom is 0.343 e. The van der Waals surface area contributed by atoms with Crippen molar-refractivity contribution in [1.29, 1.82) is 0 Å². The SMILES string of the molecule is C=CC(C#Cc1ccccc1)(C(=O)OCC)N(Cc1ccccc1)Cc1ccccc1. The zero-order valence-electron chi connectivity index (χ0n) is 17.8. The molecule has 0 radical (unpaired) electrons. The molecular weight excluding hydrogens is 382 g/mol. The van der Waals surface area contributed by atoms with Gasteiger partial charge in [0, 0.05) is 18.7 Å². The Morgan fingerprint density at radius 2 is 1.39 bits per heavy atom. The minimum atomic E-state index is -1.29. The summed E-state index contributed by atoms with van der Waals surface area (Å²) in [5.41, 5.74) is 1.70. The largest absolute Gasteiger partial charge is 0.464 e. The molecule has 0 saturated carbocycles. The normalized spacial score (nSPS) is 12.3. The van der Waals surface area contributed by atoms with Crippen molar-refractivity contribution in [1.82, 2.24) is 4.90 Å². The van der Waals surface area contributed by atoms with Crippen LogP contribution in [0.3, 0.4) is 0 Å². The van der Waals surface area contributed by atoms with Gasteiger partial charge < -0.3 is 4.74 Å². The van der Waals surface area contributed by atoms with E-state index in [0.717, 1.165) is 16.7 Å². The summed E-state index contributed by atoms with van der Waals surface area (Å²) in [5.74, 6) is 5.96. The van der Waals surface area contributed by atoms with Gasteiger partial charge in [-0.05, 0) is 36.3 Å². The van der Waals surface area contributed by atoms with E-state index < -0.39 is 11.5 Å². The second kappa shape index (κ2) is 11.0. The molecule has 0 fully saturated rings. The lowest BCUT2D eigenvalue weighted by atomic mass is 9.95. The summed E-state index contributed by atoms with van der Waals surface area (Å²) < 4.78 is 5.49. The molecule has 0 aliphatic rings. The second-order valence-electron chi connectivity index (χ2n) is 7.13. The van der Waals surface area contributed by atoms with Gasteiger partial charge in [0.2, 0.25) is 5.54 Å². The van der Waals surface area contributed by atoms with E-state index in [-0.39, 0.29) is 6.61 Å². The third-order valence-corrected chi connectivity index (χ3v) is 4.98. The van der Waals surface area contributed by atoms with Crippen LogP contribution < -0.4 is 0 Å². The van der Waals surface area contributed by atoms with Crippen molar-refractivity contribution in [3.8, 4) is 11.8 Å². The average Bonchev–Trinajstić information content (AvgIpc) is 2.82. The molecule has 3 aromatic rings. The van der Waals surface area contributed by atoms with Crippen molar-refractivity contribution >= 4 is 5.97 Å². The van der Waals surface area contributed by atoms with E-state index in [2.05, 4.69) is 18.4 Å². The zero-order valence-corrected chi connectivity index (χ0v) is 17.8. The molecule has 156 valence electrons. The molecule has 0 amide bonds. The first kappa shape index (κ1) is 22.1. The van der Waals surface area contributed by atoms with Gasteiger partial charge in [-0.25, -0.2) is 4.79 Å². The molecule has 0 heterocycles. The Bertz CT molecular complexity index is 994. The number of hydrogen-bond donors (Lipinski definition) is 0. The van der Waals surface area contributed by atoms with Crippen molar-refractivity contribution in [2.24, 2.45) is 0 Å². The maximum atomic E-state index is 13.3. The van der Waals surface area contributed by atoms with E-state index in [4.69, 9.17) is 4.74 Å². The minimum Gasteiger partial charge on any atom is -0.464 e. The maximum absolute atomic E-state index is 13.3. The van der Waals surface area contributed by atoms with Crippen LogP contribution >= 0.6 is 0 Å². The van der Waals surface area contributed by atoms with Crippen LogP contribution in [0, 0.1) is 11.8 Å². The molecule has 0 spiro atoms. The van der Waals surface area contributed by atoms with E-state index >= 15 is 0 Å². The predicted molar refractivity (Wildman–Crippen MR) is 125 cm³/mol. The molecule has 0 bridgehead atoms. The Kier molecular flexibility index (Phi) is 7.81. The first-order chi connectivity index (χ1) is 15.2. The third kappa shape index (κ3) is 5.72. The van der Waals surface area contributed by atoms with Crippen LogP contribution in [0.15, 0.2) is 104 Å². The number of carbonyl (C=O) groups excluding carboxylic acids is 1. The predicted octanol–water partition coefficient (Wildman–Crippen LogP) is 5.23. The molecule has 0 aliphatic heterocycles. The highest BCUT2D eigenvalue weighted by atomic mass is 16.5. The van der Waals surface area contributed by atoms with Crippen LogP contribution in [0.2, 0.25) is 0 Å². The summed E-state index contributed by atoms with van der Waals surface area (Å²) in [6.45, 7) is 7.11. The molecule has 31 heavy (non-hydrogen) atoms. The molecule has 3 aromatic carbocycles. The van der Waals surface area contributed by atoms with E-state index in [0.29, 0.717) is 13.1 Å². The monoisotopic (exact) mass is 409 g/mol. The summed E-state index contributed by atoms with van der Waals surface area (Å²) in [4.78, 5) is 15.3. The van der Waals surface area contributed by atoms with Crippen LogP contribution in [0.5, 0.6) is 0 Å². The fraction of sp³-hybridized carbons (Fsp3) is 0.179. The van der Waals surface area contributed by atoms with Gasteiger partial charge in [0.25, 0.3) is 0 Å². The van der Waals surface area contributed by atoms with Gasteiger partial charge in [-0.3, -0.25) is 4.90 Å². The Hall–Kier alpha value is -3.61. The smallest absolute Gasteiger partial charge is 0.343 e. The lowest BCUT2D eigenvalue weighted by Gasteiger charge is -2.36. The Morgan fingerprint density at radius 3 is 1.84 bits per heavy atom. The lowest BCUT2D eigenvalue weighted by Crippen LogP contribution is -2.52. The van der Waals surface area contributed by atoms with Crippen LogP contribution in [0.4, 0.5) is 0 Å². The van der Waals surface area contributed by atoms with Crippen molar-refractivity contribution < 1.29 is 9.53 Å². The molecule has 0 saturated heterocycles. The summed E-state index contributed by atoms with van der Waals surface area (Å²) >= 11 is 0. The summed E-state index contributed by atoms with van der Waals surface area (Å²) in [7, 11) is 0. The van der Waals surface area contributed by atoms with Gasteiger partial charge in [0.15, 0.2) is 0 Å². The Balaban J connectivity index is 2.09. The first-order valence-electron chi connectivity index (χ1n) is 10.4. The third-order valence-electron chi connectivity index (χ3n) is 4.98. The van der Waals surface area contributed by atoms with E-state index in [9.17, 15) is 4.79 Å². The van der Waals surface area contributed by atoms with Crippen molar-refractivity contribution in [3.05, 3.63) is 120 Å². The summed E-state index contributed by atoms with van der Waals surface area (Å²) in [6.07, 6.45) is 1.60. The standard InChI is InChI=1S/C28H27NO2/c1-3-28(27(30)31-4-2,21-20-24-14-8-5-9-15-24)29(22-25-16-10-6-11-17-25)23-26-18-12-7-13-19-26/h3,5-19H,1,4,22-23H2,2H3. The lowest BCUT2D eigenvalue weighted by molar-refractivity contribution is -0.152. The van der Waals surface area contributed by atoms with Crippen LogP contribution in [0.25, 0.3) is 0 Å². The number of nitrogens with zero attached hydrogens (tertiary/aromatic N) is 1. The van der Waals surface area contributed by atoms with Crippen molar-refractivity contribution in [2.75, 3.05) is 6.61 Å². The van der Waals surface area contributed by atoms with Gasteiger partial charge in [-0.15, -0.1) is 0 Å². The summed E-state index contributed by atoms with van der Waals surface area (Å²) in [5, 5.41) is 0. The zero-order chi connectivity index (χ0) is 21.9. The fourth-order valence-corrected chi connectivity index (χ4v) is 3.37.